The van der Waals surface area contributed by atoms with Crippen LogP contribution in [0, 0.1) is 6.92 Å². The summed E-state index contributed by atoms with van der Waals surface area (Å²) in [6.45, 7) is 1.57. The molecule has 0 aliphatic heterocycles. The number of nitrogens with one attached hydrogen (secondary N) is 1. The summed E-state index contributed by atoms with van der Waals surface area (Å²) < 4.78 is 38.3. The summed E-state index contributed by atoms with van der Waals surface area (Å²) in [6.07, 6.45) is -4.27. The number of hydrogen-bond acceptors (Lipinski definition) is 2. The number of aromatic nitrogens is 3. The first-order valence-corrected chi connectivity index (χ1v) is 5.62. The van der Waals surface area contributed by atoms with Crippen molar-refractivity contribution in [2.45, 2.75) is 19.5 Å². The van der Waals surface area contributed by atoms with Crippen molar-refractivity contribution >= 4 is 17.2 Å². The molecule has 0 saturated carbocycles. The predicted molar refractivity (Wildman–Crippen MR) is 60.0 cm³/mol. The largest absolute Gasteiger partial charge is 0.432 e. The minimum Gasteiger partial charge on any atom is -0.285 e. The van der Waals surface area contributed by atoms with Gasteiger partial charge in [-0.05, 0) is 13.3 Å². The van der Waals surface area contributed by atoms with Crippen LogP contribution >= 0.6 is 11.6 Å². The highest BCUT2D eigenvalue weighted by Gasteiger charge is 2.33. The average Bonchev–Trinajstić information content (AvgIpc) is 2.67. The molecule has 0 bridgehead atoms. The van der Waals surface area contributed by atoms with E-state index in [0.29, 0.717) is 11.3 Å². The first kappa shape index (κ1) is 12.9. The molecule has 0 amide bonds. The van der Waals surface area contributed by atoms with Gasteiger partial charge in [-0.15, -0.1) is 11.6 Å². The molecule has 0 aromatic carbocycles. The third-order valence-electron chi connectivity index (χ3n) is 2.56. The summed E-state index contributed by atoms with van der Waals surface area (Å²) in [4.78, 5) is 15.9. The first-order chi connectivity index (χ1) is 8.34. The zero-order chi connectivity index (χ0) is 13.5. The Balaban J connectivity index is 2.71. The average molecular weight is 280 g/mol. The van der Waals surface area contributed by atoms with Crippen molar-refractivity contribution in [3.8, 4) is 0 Å². The van der Waals surface area contributed by atoms with Crippen molar-refractivity contribution in [2.24, 2.45) is 0 Å². The fraction of sp³-hybridized carbons (Fsp3) is 0.400. The molecule has 1 N–H and O–H groups in total. The topological polar surface area (TPSA) is 50.2 Å². The van der Waals surface area contributed by atoms with E-state index in [0.717, 1.165) is 10.6 Å². The molecule has 2 aromatic heterocycles. The van der Waals surface area contributed by atoms with Crippen LogP contribution in [0.25, 0.3) is 5.65 Å². The van der Waals surface area contributed by atoms with E-state index in [4.69, 9.17) is 11.6 Å². The van der Waals surface area contributed by atoms with Crippen LogP contribution in [0.3, 0.4) is 0 Å². The van der Waals surface area contributed by atoms with E-state index < -0.39 is 17.4 Å². The van der Waals surface area contributed by atoms with Crippen molar-refractivity contribution in [3.05, 3.63) is 33.4 Å². The predicted octanol–water partition coefficient (Wildman–Crippen LogP) is 2.13. The molecule has 2 aromatic rings. The second-order valence-corrected chi connectivity index (χ2v) is 4.16. The van der Waals surface area contributed by atoms with Gasteiger partial charge in [-0.2, -0.15) is 13.2 Å². The standard InChI is InChI=1S/C10H9ClF3N3O/c1-5-6(2-3-11)9(18)17-8(15-5)4-7(16-17)10(12,13)14/h4,16H,2-3H2,1H3. The lowest BCUT2D eigenvalue weighted by molar-refractivity contribution is -0.141. The van der Waals surface area contributed by atoms with Crippen LogP contribution in [-0.2, 0) is 12.6 Å². The molecule has 0 aliphatic carbocycles. The summed E-state index contributed by atoms with van der Waals surface area (Å²) >= 11 is 5.54. The smallest absolute Gasteiger partial charge is 0.285 e. The molecule has 0 spiro atoms. The number of halogens is 4. The Labute approximate surface area is 104 Å². The van der Waals surface area contributed by atoms with Gasteiger partial charge in [-0.1, -0.05) is 0 Å². The molecule has 18 heavy (non-hydrogen) atoms. The van der Waals surface area contributed by atoms with Crippen LogP contribution in [0.4, 0.5) is 13.2 Å². The van der Waals surface area contributed by atoms with Gasteiger partial charge in [0.1, 0.15) is 5.69 Å². The van der Waals surface area contributed by atoms with Crippen molar-refractivity contribution < 1.29 is 13.2 Å². The van der Waals surface area contributed by atoms with E-state index in [9.17, 15) is 18.0 Å². The number of rotatable bonds is 2. The maximum atomic E-state index is 12.5. The van der Waals surface area contributed by atoms with Gasteiger partial charge in [0.2, 0.25) is 0 Å². The quantitative estimate of drug-likeness (QED) is 0.856. The fourth-order valence-corrected chi connectivity index (χ4v) is 1.89. The van der Waals surface area contributed by atoms with E-state index in [2.05, 4.69) is 4.98 Å². The second kappa shape index (κ2) is 4.31. The van der Waals surface area contributed by atoms with Crippen molar-refractivity contribution in [1.29, 1.82) is 0 Å². The Morgan fingerprint density at radius 3 is 2.72 bits per heavy atom. The molecular weight excluding hydrogens is 271 g/mol. The molecule has 0 atom stereocenters. The van der Waals surface area contributed by atoms with Gasteiger partial charge in [0.05, 0.1) is 0 Å². The minimum atomic E-state index is -4.54. The second-order valence-electron chi connectivity index (χ2n) is 3.78. The summed E-state index contributed by atoms with van der Waals surface area (Å²) in [5.74, 6) is 0.205. The fourth-order valence-electron chi connectivity index (χ4n) is 1.70. The number of nitrogens with zero attached hydrogens (tertiary/aromatic N) is 2. The van der Waals surface area contributed by atoms with Crippen LogP contribution in [0.15, 0.2) is 10.9 Å². The monoisotopic (exact) mass is 279 g/mol. The maximum absolute atomic E-state index is 12.5. The van der Waals surface area contributed by atoms with Crippen LogP contribution < -0.4 is 5.56 Å². The number of aryl methyl sites for hydroxylation is 1. The molecule has 0 aliphatic rings. The Kier molecular flexibility index (Phi) is 3.10. The molecular formula is C10H9ClF3N3O. The summed E-state index contributed by atoms with van der Waals surface area (Å²) in [6, 6.07) is 0.804. The molecule has 2 heterocycles. The van der Waals surface area contributed by atoms with Gasteiger partial charge in [-0.25, -0.2) is 9.50 Å². The van der Waals surface area contributed by atoms with Crippen molar-refractivity contribution in [2.75, 3.05) is 5.88 Å². The molecule has 0 saturated heterocycles. The van der Waals surface area contributed by atoms with Gasteiger partial charge in [0, 0.05) is 23.2 Å². The lowest BCUT2D eigenvalue weighted by Crippen LogP contribution is -2.22. The summed E-state index contributed by atoms with van der Waals surface area (Å²) in [7, 11) is 0. The minimum absolute atomic E-state index is 0.0526. The molecule has 98 valence electrons. The van der Waals surface area contributed by atoms with E-state index in [1.54, 1.807) is 6.92 Å². The van der Waals surface area contributed by atoms with E-state index >= 15 is 0 Å². The molecule has 2 rings (SSSR count). The Hall–Kier alpha value is -1.50. The zero-order valence-corrected chi connectivity index (χ0v) is 10.1. The highest BCUT2D eigenvalue weighted by molar-refractivity contribution is 6.17. The number of alkyl halides is 4. The Bertz CT molecular complexity index is 644. The highest BCUT2D eigenvalue weighted by atomic mass is 35.5. The van der Waals surface area contributed by atoms with Crippen LogP contribution in [0.5, 0.6) is 0 Å². The van der Waals surface area contributed by atoms with Crippen LogP contribution in [-0.4, -0.2) is 20.5 Å². The zero-order valence-electron chi connectivity index (χ0n) is 9.31. The van der Waals surface area contributed by atoms with Gasteiger partial charge < -0.3 is 0 Å². The van der Waals surface area contributed by atoms with E-state index in [1.165, 1.54) is 0 Å². The lowest BCUT2D eigenvalue weighted by Gasteiger charge is -2.03. The highest BCUT2D eigenvalue weighted by Crippen LogP contribution is 2.28. The van der Waals surface area contributed by atoms with Gasteiger partial charge in [-0.3, -0.25) is 9.89 Å². The normalized spacial score (nSPS) is 12.3. The summed E-state index contributed by atoms with van der Waals surface area (Å²) in [5.41, 5.74) is -0.891. The number of fused-ring (bicyclic) bond motifs is 1. The van der Waals surface area contributed by atoms with Crippen molar-refractivity contribution in [1.82, 2.24) is 14.6 Å². The third-order valence-corrected chi connectivity index (χ3v) is 2.75. The maximum Gasteiger partial charge on any atom is 0.432 e. The Morgan fingerprint density at radius 1 is 1.50 bits per heavy atom. The van der Waals surface area contributed by atoms with Gasteiger partial charge >= 0.3 is 6.18 Å². The van der Waals surface area contributed by atoms with Crippen LogP contribution in [0.2, 0.25) is 0 Å². The number of H-pyrrole nitrogens is 1. The molecule has 0 fully saturated rings. The molecule has 4 nitrogen and oxygen atoms in total. The van der Waals surface area contributed by atoms with Crippen LogP contribution in [0.1, 0.15) is 17.0 Å². The van der Waals surface area contributed by atoms with E-state index in [1.807, 2.05) is 5.10 Å². The SMILES string of the molecule is Cc1nc2cc(C(F)(F)F)[nH]n2c(=O)c1CCCl. The molecule has 0 unspecified atom stereocenters. The number of aromatic amines is 1. The number of hydrogen-bond donors (Lipinski definition) is 1. The van der Waals surface area contributed by atoms with E-state index in [-0.39, 0.29) is 17.9 Å². The summed E-state index contributed by atoms with van der Waals surface area (Å²) in [5, 5.41) is 2.00. The first-order valence-electron chi connectivity index (χ1n) is 5.09. The lowest BCUT2D eigenvalue weighted by atomic mass is 10.2. The van der Waals surface area contributed by atoms with Crippen molar-refractivity contribution in [3.63, 3.8) is 0 Å². The van der Waals surface area contributed by atoms with Gasteiger partial charge in [0.15, 0.2) is 5.65 Å². The van der Waals surface area contributed by atoms with Gasteiger partial charge in [0.25, 0.3) is 5.56 Å². The molecule has 8 heteroatoms. The molecule has 0 radical (unpaired) electrons. The third kappa shape index (κ3) is 2.10. The Morgan fingerprint density at radius 2 is 2.17 bits per heavy atom.